The fourth-order valence-corrected chi connectivity index (χ4v) is 5.47. The van der Waals surface area contributed by atoms with Crippen LogP contribution in [0.2, 0.25) is 0 Å². The van der Waals surface area contributed by atoms with Crippen LogP contribution in [-0.4, -0.2) is 32.2 Å². The molecule has 0 bridgehead atoms. The number of nitrogens with zero attached hydrogens (tertiary/aromatic N) is 3. The van der Waals surface area contributed by atoms with Crippen LogP contribution in [0.5, 0.6) is 5.75 Å². The lowest BCUT2D eigenvalue weighted by molar-refractivity contribution is -0.0498. The lowest BCUT2D eigenvalue weighted by atomic mass is 9.74. The monoisotopic (exact) mass is 502 g/mol. The van der Waals surface area contributed by atoms with Crippen molar-refractivity contribution in [2.24, 2.45) is 0 Å². The fraction of sp³-hybridized carbons (Fsp3) is 0.462. The van der Waals surface area contributed by atoms with Crippen molar-refractivity contribution in [3.8, 4) is 11.4 Å². The third-order valence-corrected chi connectivity index (χ3v) is 6.42. The van der Waals surface area contributed by atoms with E-state index in [1.54, 1.807) is 12.1 Å². The van der Waals surface area contributed by atoms with Gasteiger partial charge in [-0.2, -0.15) is 13.8 Å². The van der Waals surface area contributed by atoms with Gasteiger partial charge >= 0.3 is 6.61 Å². The second kappa shape index (κ2) is 9.31. The highest BCUT2D eigenvalue weighted by Crippen LogP contribution is 2.40. The first kappa shape index (κ1) is 25.8. The standard InChI is InChI=1S/C26H33F3N6O/c1-14-7-8-15(2)35(14)18-11-17(9-10-19(18)36-23(28)29)31-24-32-21(20(27)22(30)33-24)16-12-25(3,4)34-26(5,6)13-16/h7-11,16,23,34H,12-13H2,1-6H3,(H3,30,31,32,33). The molecule has 4 N–H and O–H groups in total. The third kappa shape index (κ3) is 5.43. The summed E-state index contributed by atoms with van der Waals surface area (Å²) in [7, 11) is 0. The molecule has 1 fully saturated rings. The lowest BCUT2D eigenvalue weighted by Crippen LogP contribution is -2.57. The number of benzene rings is 1. The first-order valence-corrected chi connectivity index (χ1v) is 11.9. The highest BCUT2D eigenvalue weighted by molar-refractivity contribution is 5.64. The normalized spacial score (nSPS) is 17.4. The van der Waals surface area contributed by atoms with Crippen LogP contribution in [0.1, 0.15) is 63.5 Å². The Bertz CT molecular complexity index is 1240. The van der Waals surface area contributed by atoms with Gasteiger partial charge in [0.05, 0.1) is 11.4 Å². The first-order valence-electron chi connectivity index (χ1n) is 11.9. The summed E-state index contributed by atoms with van der Waals surface area (Å²) in [6.07, 6.45) is 1.36. The summed E-state index contributed by atoms with van der Waals surface area (Å²) in [6.45, 7) is 9.10. The van der Waals surface area contributed by atoms with E-state index in [0.29, 0.717) is 24.2 Å². The van der Waals surface area contributed by atoms with Gasteiger partial charge in [-0.1, -0.05) is 0 Å². The number of halogens is 3. The van der Waals surface area contributed by atoms with Crippen LogP contribution in [0.15, 0.2) is 30.3 Å². The number of anilines is 3. The smallest absolute Gasteiger partial charge is 0.387 e. The summed E-state index contributed by atoms with van der Waals surface area (Å²) in [5.74, 6) is -0.861. The van der Waals surface area contributed by atoms with Crippen LogP contribution in [0.3, 0.4) is 0 Å². The van der Waals surface area contributed by atoms with Gasteiger partial charge in [-0.15, -0.1) is 0 Å². The minimum Gasteiger partial charge on any atom is -0.433 e. The van der Waals surface area contributed by atoms with Gasteiger partial charge in [-0.25, -0.2) is 9.37 Å². The second-order valence-electron chi connectivity index (χ2n) is 10.8. The number of alkyl halides is 2. The van der Waals surface area contributed by atoms with E-state index in [-0.39, 0.29) is 40.2 Å². The Morgan fingerprint density at radius 3 is 2.25 bits per heavy atom. The molecule has 1 aliphatic rings. The molecule has 0 saturated carbocycles. The largest absolute Gasteiger partial charge is 0.433 e. The van der Waals surface area contributed by atoms with Crippen LogP contribution in [-0.2, 0) is 0 Å². The Balaban J connectivity index is 1.72. The second-order valence-corrected chi connectivity index (χ2v) is 10.8. The van der Waals surface area contributed by atoms with Crippen molar-refractivity contribution in [1.29, 1.82) is 0 Å². The van der Waals surface area contributed by atoms with Gasteiger partial charge in [0, 0.05) is 34.1 Å². The molecule has 1 aliphatic heterocycles. The van der Waals surface area contributed by atoms with Crippen molar-refractivity contribution in [1.82, 2.24) is 19.9 Å². The zero-order valence-electron chi connectivity index (χ0n) is 21.4. The number of hydrogen-bond donors (Lipinski definition) is 3. The maximum Gasteiger partial charge on any atom is 0.387 e. The molecule has 2 aromatic heterocycles. The molecule has 0 unspecified atom stereocenters. The summed E-state index contributed by atoms with van der Waals surface area (Å²) < 4.78 is 47.9. The average molecular weight is 503 g/mol. The Kier molecular flexibility index (Phi) is 6.68. The highest BCUT2D eigenvalue weighted by atomic mass is 19.3. The third-order valence-electron chi connectivity index (χ3n) is 6.42. The van der Waals surface area contributed by atoms with Crippen LogP contribution in [0.4, 0.5) is 30.6 Å². The van der Waals surface area contributed by atoms with Crippen molar-refractivity contribution in [3.63, 3.8) is 0 Å². The van der Waals surface area contributed by atoms with Gasteiger partial charge in [0.1, 0.15) is 5.75 Å². The average Bonchev–Trinajstić information content (AvgIpc) is 3.07. The predicted molar refractivity (Wildman–Crippen MR) is 135 cm³/mol. The molecule has 36 heavy (non-hydrogen) atoms. The summed E-state index contributed by atoms with van der Waals surface area (Å²) in [4.78, 5) is 8.62. The molecule has 4 rings (SSSR count). The van der Waals surface area contributed by atoms with E-state index in [9.17, 15) is 8.78 Å². The van der Waals surface area contributed by atoms with Crippen LogP contribution < -0.4 is 21.1 Å². The zero-order valence-corrected chi connectivity index (χ0v) is 21.4. The van der Waals surface area contributed by atoms with Gasteiger partial charge in [-0.3, -0.25) is 0 Å². The number of hydrogen-bond acceptors (Lipinski definition) is 6. The molecule has 3 aromatic rings. The van der Waals surface area contributed by atoms with E-state index >= 15 is 4.39 Å². The molecule has 1 aromatic carbocycles. The van der Waals surface area contributed by atoms with E-state index in [2.05, 4.69) is 48.3 Å². The zero-order chi connectivity index (χ0) is 26.4. The summed E-state index contributed by atoms with van der Waals surface area (Å²) in [5.41, 5.74) is 8.44. The lowest BCUT2D eigenvalue weighted by Gasteiger charge is -2.46. The number of nitrogen functional groups attached to an aromatic ring is 1. The van der Waals surface area contributed by atoms with Crippen molar-refractivity contribution in [2.75, 3.05) is 11.1 Å². The molecule has 0 radical (unpaired) electrons. The summed E-state index contributed by atoms with van der Waals surface area (Å²) >= 11 is 0. The van der Waals surface area contributed by atoms with Crippen molar-refractivity contribution < 1.29 is 17.9 Å². The number of aryl methyl sites for hydroxylation is 2. The number of nitrogens with one attached hydrogen (secondary N) is 2. The SMILES string of the molecule is Cc1ccc(C)n1-c1cc(Nc2nc(N)c(F)c(C3CC(C)(C)NC(C)(C)C3)n2)ccc1OC(F)F. The summed E-state index contributed by atoms with van der Waals surface area (Å²) in [5, 5.41) is 6.66. The number of nitrogens with two attached hydrogens (primary N) is 1. The fourth-order valence-electron chi connectivity index (χ4n) is 5.47. The number of rotatable bonds is 6. The Morgan fingerprint density at radius 2 is 1.67 bits per heavy atom. The maximum atomic E-state index is 15.1. The molecule has 7 nitrogen and oxygen atoms in total. The molecular weight excluding hydrogens is 469 g/mol. The topological polar surface area (TPSA) is 90.0 Å². The van der Waals surface area contributed by atoms with Crippen LogP contribution in [0, 0.1) is 19.7 Å². The molecule has 3 heterocycles. The summed E-state index contributed by atoms with van der Waals surface area (Å²) in [6, 6.07) is 8.47. The molecule has 1 saturated heterocycles. The molecule has 0 spiro atoms. The van der Waals surface area contributed by atoms with Gasteiger partial charge < -0.3 is 25.7 Å². The Hall–Kier alpha value is -3.27. The minimum absolute atomic E-state index is 0.0253. The van der Waals surface area contributed by atoms with Crippen LogP contribution in [0.25, 0.3) is 5.69 Å². The number of aromatic nitrogens is 3. The van der Waals surface area contributed by atoms with Crippen molar-refractivity contribution in [2.45, 2.75) is 78.0 Å². The van der Waals surface area contributed by atoms with Gasteiger partial charge in [-0.05, 0) is 84.7 Å². The quantitative estimate of drug-likeness (QED) is 0.385. The molecule has 0 atom stereocenters. The minimum atomic E-state index is -2.97. The number of ether oxygens (including phenoxy) is 1. The Morgan fingerprint density at radius 1 is 1.06 bits per heavy atom. The highest BCUT2D eigenvalue weighted by Gasteiger charge is 2.40. The van der Waals surface area contributed by atoms with Crippen LogP contribution >= 0.6 is 0 Å². The molecule has 0 amide bonds. The van der Waals surface area contributed by atoms with Gasteiger partial charge in [0.25, 0.3) is 0 Å². The molecule has 0 aliphatic carbocycles. The van der Waals surface area contributed by atoms with E-state index in [0.717, 1.165) is 11.4 Å². The van der Waals surface area contributed by atoms with E-state index < -0.39 is 12.4 Å². The maximum absolute atomic E-state index is 15.1. The van der Waals surface area contributed by atoms with Crippen molar-refractivity contribution in [3.05, 3.63) is 53.2 Å². The van der Waals surface area contributed by atoms with Gasteiger partial charge in [0.15, 0.2) is 11.6 Å². The van der Waals surface area contributed by atoms with E-state index in [1.807, 2.05) is 30.5 Å². The first-order chi connectivity index (χ1) is 16.7. The van der Waals surface area contributed by atoms with Gasteiger partial charge in [0.2, 0.25) is 5.95 Å². The van der Waals surface area contributed by atoms with Crippen molar-refractivity contribution >= 4 is 17.5 Å². The molecule has 194 valence electrons. The Labute approximate surface area is 209 Å². The number of piperidine rings is 1. The van der Waals surface area contributed by atoms with E-state index in [4.69, 9.17) is 10.5 Å². The molecule has 10 heteroatoms. The van der Waals surface area contributed by atoms with E-state index in [1.165, 1.54) is 6.07 Å². The predicted octanol–water partition coefficient (Wildman–Crippen LogP) is 5.97. The molecular formula is C26H33F3N6O.